The number of hydrazine groups is 1. The summed E-state index contributed by atoms with van der Waals surface area (Å²) in [5.41, 5.74) is 5.65. The van der Waals surface area contributed by atoms with Crippen LogP contribution in [-0.4, -0.2) is 51.3 Å². The number of nitrogens with zero attached hydrogens (tertiary/aromatic N) is 2. The molecule has 0 unspecified atom stereocenters. The van der Waals surface area contributed by atoms with Gasteiger partial charge in [0.1, 0.15) is 0 Å². The number of rotatable bonds is 8. The molecule has 5 rings (SSSR count). The topological polar surface area (TPSA) is 98.8 Å². The molecular weight excluding hydrogens is 524 g/mol. The van der Waals surface area contributed by atoms with E-state index in [9.17, 15) is 18.0 Å². The summed E-state index contributed by atoms with van der Waals surface area (Å²) in [5.74, 6) is -0.801. The molecule has 1 fully saturated rings. The lowest BCUT2D eigenvalue weighted by Crippen LogP contribution is -2.43. The van der Waals surface area contributed by atoms with Gasteiger partial charge in [-0.05, 0) is 81.7 Å². The van der Waals surface area contributed by atoms with Crippen molar-refractivity contribution in [3.63, 3.8) is 0 Å². The van der Waals surface area contributed by atoms with E-state index in [1.54, 1.807) is 12.1 Å². The Labute approximate surface area is 236 Å². The Kier molecular flexibility index (Phi) is 8.63. The van der Waals surface area contributed by atoms with Gasteiger partial charge >= 0.3 is 0 Å². The van der Waals surface area contributed by atoms with Crippen LogP contribution in [0.25, 0.3) is 0 Å². The molecule has 2 heterocycles. The zero-order chi connectivity index (χ0) is 28.1. The molecular formula is C31H36N4O4S. The first-order valence-electron chi connectivity index (χ1n) is 14.0. The van der Waals surface area contributed by atoms with Crippen molar-refractivity contribution < 1.29 is 18.0 Å². The molecule has 2 N–H and O–H groups in total. The van der Waals surface area contributed by atoms with Crippen LogP contribution in [0.15, 0.2) is 76.5 Å². The van der Waals surface area contributed by atoms with E-state index in [0.29, 0.717) is 18.7 Å². The molecule has 40 heavy (non-hydrogen) atoms. The highest BCUT2D eigenvalue weighted by atomic mass is 32.2. The predicted octanol–water partition coefficient (Wildman–Crippen LogP) is 4.49. The van der Waals surface area contributed by atoms with Crippen molar-refractivity contribution in [2.24, 2.45) is 0 Å². The molecule has 1 saturated heterocycles. The number of sulfone groups is 1. The Hall–Kier alpha value is -3.53. The van der Waals surface area contributed by atoms with E-state index in [-0.39, 0.29) is 26.9 Å². The van der Waals surface area contributed by atoms with Crippen molar-refractivity contribution in [2.45, 2.75) is 55.4 Å². The van der Waals surface area contributed by atoms with Crippen LogP contribution in [0, 0.1) is 6.92 Å². The number of carbonyl (C=O) groups is 2. The Morgan fingerprint density at radius 3 is 2.45 bits per heavy atom. The van der Waals surface area contributed by atoms with Crippen LogP contribution in [0.3, 0.4) is 0 Å². The zero-order valence-corrected chi connectivity index (χ0v) is 23.7. The number of benzene rings is 3. The molecule has 0 saturated carbocycles. The average molecular weight is 561 g/mol. The SMILES string of the molecule is Cc1cccc(CNN2C(=O)c3ccccc3S(=O)(=O)c3ccc(C(=O)NCCCN4CCCCCC4)cc32)c1. The molecule has 8 nitrogen and oxygen atoms in total. The summed E-state index contributed by atoms with van der Waals surface area (Å²) in [6, 6.07) is 18.5. The maximum absolute atomic E-state index is 13.7. The number of carbonyl (C=O) groups excluding carboxylic acids is 2. The molecule has 0 spiro atoms. The van der Waals surface area contributed by atoms with Crippen molar-refractivity contribution in [3.05, 3.63) is 89.0 Å². The van der Waals surface area contributed by atoms with Gasteiger partial charge in [-0.25, -0.2) is 18.9 Å². The normalized spacial score (nSPS) is 16.9. The maximum Gasteiger partial charge on any atom is 0.274 e. The van der Waals surface area contributed by atoms with Gasteiger partial charge in [-0.15, -0.1) is 0 Å². The maximum atomic E-state index is 13.7. The second-order valence-corrected chi connectivity index (χ2v) is 12.4. The minimum Gasteiger partial charge on any atom is -0.352 e. The van der Waals surface area contributed by atoms with E-state index in [1.165, 1.54) is 61.0 Å². The first-order valence-corrected chi connectivity index (χ1v) is 15.4. The molecule has 0 radical (unpaired) electrons. The van der Waals surface area contributed by atoms with Gasteiger partial charge in [0, 0.05) is 18.7 Å². The van der Waals surface area contributed by atoms with Gasteiger partial charge in [0.25, 0.3) is 11.8 Å². The Morgan fingerprint density at radius 2 is 1.68 bits per heavy atom. The van der Waals surface area contributed by atoms with Crippen LogP contribution in [0.1, 0.15) is 63.9 Å². The second kappa shape index (κ2) is 12.3. The van der Waals surface area contributed by atoms with Crippen molar-refractivity contribution in [1.82, 2.24) is 15.6 Å². The van der Waals surface area contributed by atoms with Gasteiger partial charge < -0.3 is 10.2 Å². The molecule has 2 amide bonds. The number of hydrogen-bond donors (Lipinski definition) is 2. The number of likely N-dealkylation sites (tertiary alicyclic amines) is 1. The Morgan fingerprint density at radius 1 is 0.900 bits per heavy atom. The summed E-state index contributed by atoms with van der Waals surface area (Å²) in [6.45, 7) is 5.94. The number of nitrogens with one attached hydrogen (secondary N) is 2. The minimum absolute atomic E-state index is 0.0275. The largest absolute Gasteiger partial charge is 0.352 e. The number of anilines is 1. The first kappa shape index (κ1) is 28.0. The van der Waals surface area contributed by atoms with Crippen LogP contribution in [0.5, 0.6) is 0 Å². The molecule has 0 atom stereocenters. The molecule has 2 aliphatic heterocycles. The van der Waals surface area contributed by atoms with Gasteiger partial charge in [-0.2, -0.15) is 0 Å². The zero-order valence-electron chi connectivity index (χ0n) is 22.9. The van der Waals surface area contributed by atoms with Crippen molar-refractivity contribution >= 4 is 27.3 Å². The van der Waals surface area contributed by atoms with Gasteiger partial charge in [-0.1, -0.05) is 54.8 Å². The first-order chi connectivity index (χ1) is 19.3. The molecule has 0 aliphatic carbocycles. The van der Waals surface area contributed by atoms with E-state index >= 15 is 0 Å². The van der Waals surface area contributed by atoms with Crippen LogP contribution in [0.4, 0.5) is 5.69 Å². The lowest BCUT2D eigenvalue weighted by molar-refractivity contribution is 0.0946. The van der Waals surface area contributed by atoms with Crippen LogP contribution < -0.4 is 15.8 Å². The molecule has 2 aliphatic rings. The number of hydrogen-bond acceptors (Lipinski definition) is 6. The molecule has 0 bridgehead atoms. The third kappa shape index (κ3) is 6.11. The molecule has 3 aromatic rings. The fraction of sp³-hybridized carbons (Fsp3) is 0.355. The summed E-state index contributed by atoms with van der Waals surface area (Å²) in [6.07, 6.45) is 5.85. The highest BCUT2D eigenvalue weighted by molar-refractivity contribution is 7.91. The molecule has 210 valence electrons. The Bertz CT molecular complexity index is 1500. The number of amides is 2. The predicted molar refractivity (Wildman–Crippen MR) is 155 cm³/mol. The van der Waals surface area contributed by atoms with Crippen LogP contribution >= 0.6 is 0 Å². The third-order valence-corrected chi connectivity index (χ3v) is 9.38. The van der Waals surface area contributed by atoms with Crippen molar-refractivity contribution in [3.8, 4) is 0 Å². The molecule has 0 aromatic heterocycles. The highest BCUT2D eigenvalue weighted by Crippen LogP contribution is 2.36. The van der Waals surface area contributed by atoms with Crippen molar-refractivity contribution in [1.29, 1.82) is 0 Å². The van der Waals surface area contributed by atoms with Gasteiger partial charge in [0.05, 0.1) is 21.0 Å². The fourth-order valence-corrected chi connectivity index (χ4v) is 7.01. The van der Waals surface area contributed by atoms with Gasteiger partial charge in [0.15, 0.2) is 0 Å². The number of fused-ring (bicyclic) bond motifs is 2. The average Bonchev–Trinajstić information content (AvgIpc) is 3.26. The van der Waals surface area contributed by atoms with E-state index in [2.05, 4.69) is 15.6 Å². The summed E-state index contributed by atoms with van der Waals surface area (Å²) in [7, 11) is -4.01. The monoisotopic (exact) mass is 560 g/mol. The number of aryl methyl sites for hydroxylation is 1. The van der Waals surface area contributed by atoms with E-state index in [1.807, 2.05) is 31.2 Å². The summed E-state index contributed by atoms with van der Waals surface area (Å²) < 4.78 is 27.4. The fourth-order valence-electron chi connectivity index (χ4n) is 5.40. The Balaban J connectivity index is 1.39. The van der Waals surface area contributed by atoms with Crippen LogP contribution in [0.2, 0.25) is 0 Å². The van der Waals surface area contributed by atoms with Gasteiger partial charge in [0.2, 0.25) is 9.84 Å². The third-order valence-electron chi connectivity index (χ3n) is 7.52. The second-order valence-electron chi connectivity index (χ2n) is 10.5. The quantitative estimate of drug-likeness (QED) is 0.394. The summed E-state index contributed by atoms with van der Waals surface area (Å²) in [4.78, 5) is 29.2. The van der Waals surface area contributed by atoms with E-state index < -0.39 is 15.7 Å². The highest BCUT2D eigenvalue weighted by Gasteiger charge is 2.36. The molecule has 9 heteroatoms. The standard InChI is InChI=1S/C31H36N4O4S/c1-23-10-8-11-24(20-23)22-33-35-27-21-25(30(36)32-16-9-19-34-17-6-2-3-7-18-34)14-15-29(27)40(38,39)28-13-5-4-12-26(28)31(35)37/h4-5,8,10-15,20-21,33H,2-3,6-7,9,16-19,22H2,1H3,(H,32,36). The smallest absolute Gasteiger partial charge is 0.274 e. The summed E-state index contributed by atoms with van der Waals surface area (Å²) in [5, 5.41) is 4.23. The van der Waals surface area contributed by atoms with Crippen LogP contribution in [-0.2, 0) is 16.4 Å². The molecule has 3 aromatic carbocycles. The van der Waals surface area contributed by atoms with E-state index in [0.717, 1.165) is 37.2 Å². The summed E-state index contributed by atoms with van der Waals surface area (Å²) >= 11 is 0. The van der Waals surface area contributed by atoms with Crippen molar-refractivity contribution in [2.75, 3.05) is 31.2 Å². The van der Waals surface area contributed by atoms with E-state index in [4.69, 9.17) is 0 Å². The minimum atomic E-state index is -4.01. The lowest BCUT2D eigenvalue weighted by Gasteiger charge is -2.24. The van der Waals surface area contributed by atoms with Gasteiger partial charge in [-0.3, -0.25) is 9.59 Å². The lowest BCUT2D eigenvalue weighted by atomic mass is 10.1.